The second-order valence-electron chi connectivity index (χ2n) is 5.58. The molecule has 0 aliphatic rings. The third-order valence-electron chi connectivity index (χ3n) is 3.87. The van der Waals surface area contributed by atoms with Gasteiger partial charge in [0.2, 0.25) is 0 Å². The van der Waals surface area contributed by atoms with E-state index in [0.717, 1.165) is 16.3 Å². The summed E-state index contributed by atoms with van der Waals surface area (Å²) in [6, 6.07) is 19.8. The molecule has 0 unspecified atom stereocenters. The molecule has 3 aromatic carbocycles. The van der Waals surface area contributed by atoms with Crippen LogP contribution in [0.1, 0.15) is 16.7 Å². The van der Waals surface area contributed by atoms with Gasteiger partial charge < -0.3 is 4.74 Å². The molecule has 0 atom stereocenters. The summed E-state index contributed by atoms with van der Waals surface area (Å²) < 4.78 is 5.46. The summed E-state index contributed by atoms with van der Waals surface area (Å²) in [5.74, 6) is 0.353. The standard InChI is InChI=1S/C20H18O2/c1-14-7-8-16(11-15(14)2)12-20(21)22-19-10-9-17-5-3-4-6-18(17)13-19/h3-11,13H,12H2,1-2H3. The molecule has 0 bridgehead atoms. The first-order valence-corrected chi connectivity index (χ1v) is 7.37. The Kier molecular flexibility index (Phi) is 3.92. The van der Waals surface area contributed by atoms with Crippen LogP contribution in [0.3, 0.4) is 0 Å². The zero-order valence-corrected chi connectivity index (χ0v) is 12.8. The van der Waals surface area contributed by atoms with Gasteiger partial charge in [0.15, 0.2) is 0 Å². The van der Waals surface area contributed by atoms with Crippen LogP contribution in [0.2, 0.25) is 0 Å². The minimum Gasteiger partial charge on any atom is -0.426 e. The molecule has 22 heavy (non-hydrogen) atoms. The first kappa shape index (κ1) is 14.3. The molecule has 0 N–H and O–H groups in total. The normalized spacial score (nSPS) is 10.6. The summed E-state index contributed by atoms with van der Waals surface area (Å²) in [5.41, 5.74) is 3.40. The zero-order chi connectivity index (χ0) is 15.5. The smallest absolute Gasteiger partial charge is 0.315 e. The number of benzene rings is 3. The van der Waals surface area contributed by atoms with Crippen molar-refractivity contribution < 1.29 is 9.53 Å². The molecule has 2 heteroatoms. The fraction of sp³-hybridized carbons (Fsp3) is 0.150. The van der Waals surface area contributed by atoms with E-state index in [9.17, 15) is 4.79 Å². The second-order valence-corrected chi connectivity index (χ2v) is 5.58. The number of aryl methyl sites for hydroxylation is 2. The first-order valence-electron chi connectivity index (χ1n) is 7.37. The molecule has 3 aromatic rings. The number of fused-ring (bicyclic) bond motifs is 1. The van der Waals surface area contributed by atoms with Crippen LogP contribution in [0.5, 0.6) is 5.75 Å². The highest BCUT2D eigenvalue weighted by Gasteiger charge is 2.08. The molecule has 0 radical (unpaired) electrons. The van der Waals surface area contributed by atoms with Gasteiger partial charge in [-0.15, -0.1) is 0 Å². The monoisotopic (exact) mass is 290 g/mol. The largest absolute Gasteiger partial charge is 0.426 e. The molecule has 0 aliphatic carbocycles. The highest BCUT2D eigenvalue weighted by atomic mass is 16.5. The Morgan fingerprint density at radius 2 is 1.64 bits per heavy atom. The van der Waals surface area contributed by atoms with E-state index in [-0.39, 0.29) is 12.4 Å². The van der Waals surface area contributed by atoms with Crippen LogP contribution in [0, 0.1) is 13.8 Å². The molecular formula is C20H18O2. The van der Waals surface area contributed by atoms with Gasteiger partial charge in [-0.1, -0.05) is 48.5 Å². The highest BCUT2D eigenvalue weighted by Crippen LogP contribution is 2.21. The Labute approximate surface area is 130 Å². The number of hydrogen-bond donors (Lipinski definition) is 0. The fourth-order valence-corrected chi connectivity index (χ4v) is 2.48. The predicted molar refractivity (Wildman–Crippen MR) is 89.2 cm³/mol. The summed E-state index contributed by atoms with van der Waals surface area (Å²) in [6.45, 7) is 4.11. The Morgan fingerprint density at radius 1 is 0.864 bits per heavy atom. The topological polar surface area (TPSA) is 26.3 Å². The van der Waals surface area contributed by atoms with Crippen LogP contribution >= 0.6 is 0 Å². The maximum atomic E-state index is 12.1. The Hall–Kier alpha value is -2.61. The summed E-state index contributed by atoms with van der Waals surface area (Å²) >= 11 is 0. The average molecular weight is 290 g/mol. The SMILES string of the molecule is Cc1ccc(CC(=O)Oc2ccc3ccccc3c2)cc1C. The van der Waals surface area contributed by atoms with Crippen LogP contribution in [-0.2, 0) is 11.2 Å². The Bertz CT molecular complexity index is 834. The van der Waals surface area contributed by atoms with E-state index < -0.39 is 0 Å². The first-order chi connectivity index (χ1) is 10.6. The van der Waals surface area contributed by atoms with E-state index in [4.69, 9.17) is 4.74 Å². The predicted octanol–water partition coefficient (Wildman–Crippen LogP) is 4.60. The van der Waals surface area contributed by atoms with E-state index in [1.807, 2.05) is 67.6 Å². The van der Waals surface area contributed by atoms with E-state index in [1.165, 1.54) is 11.1 Å². The maximum Gasteiger partial charge on any atom is 0.315 e. The summed E-state index contributed by atoms with van der Waals surface area (Å²) in [5, 5.41) is 2.20. The van der Waals surface area contributed by atoms with Crippen LogP contribution < -0.4 is 4.74 Å². The number of carbonyl (C=O) groups excluding carboxylic acids is 1. The summed E-state index contributed by atoms with van der Waals surface area (Å²) in [4.78, 5) is 12.1. The quantitative estimate of drug-likeness (QED) is 0.520. The van der Waals surface area contributed by atoms with Crippen molar-refractivity contribution >= 4 is 16.7 Å². The van der Waals surface area contributed by atoms with Gasteiger partial charge in [-0.2, -0.15) is 0 Å². The van der Waals surface area contributed by atoms with Crippen LogP contribution in [0.15, 0.2) is 60.7 Å². The maximum absolute atomic E-state index is 12.1. The Balaban J connectivity index is 1.73. The van der Waals surface area contributed by atoms with Gasteiger partial charge in [0.1, 0.15) is 5.75 Å². The van der Waals surface area contributed by atoms with Crippen molar-refractivity contribution in [1.82, 2.24) is 0 Å². The van der Waals surface area contributed by atoms with E-state index in [2.05, 4.69) is 6.92 Å². The lowest BCUT2D eigenvalue weighted by Crippen LogP contribution is -2.11. The fourth-order valence-electron chi connectivity index (χ4n) is 2.48. The molecule has 0 spiro atoms. The van der Waals surface area contributed by atoms with Gasteiger partial charge in [-0.25, -0.2) is 0 Å². The molecule has 0 aromatic heterocycles. The number of ether oxygens (including phenoxy) is 1. The highest BCUT2D eigenvalue weighted by molar-refractivity contribution is 5.85. The number of carbonyl (C=O) groups is 1. The molecule has 3 rings (SSSR count). The lowest BCUT2D eigenvalue weighted by atomic mass is 10.0. The second kappa shape index (κ2) is 6.02. The van der Waals surface area contributed by atoms with Crippen LogP contribution in [-0.4, -0.2) is 5.97 Å². The van der Waals surface area contributed by atoms with Gasteiger partial charge in [0.05, 0.1) is 6.42 Å². The van der Waals surface area contributed by atoms with Gasteiger partial charge in [0.25, 0.3) is 0 Å². The van der Waals surface area contributed by atoms with Crippen LogP contribution in [0.4, 0.5) is 0 Å². The molecule has 0 fully saturated rings. The molecule has 0 amide bonds. The van der Waals surface area contributed by atoms with Gasteiger partial charge >= 0.3 is 5.97 Å². The van der Waals surface area contributed by atoms with Gasteiger partial charge in [-0.3, -0.25) is 4.79 Å². The molecule has 0 heterocycles. The molecule has 110 valence electrons. The molecular weight excluding hydrogens is 272 g/mol. The summed E-state index contributed by atoms with van der Waals surface area (Å²) in [6.07, 6.45) is 0.286. The van der Waals surface area contributed by atoms with Crippen molar-refractivity contribution in [2.24, 2.45) is 0 Å². The molecule has 0 saturated carbocycles. The minimum absolute atomic E-state index is 0.237. The van der Waals surface area contributed by atoms with Crippen LogP contribution in [0.25, 0.3) is 10.8 Å². The Morgan fingerprint density at radius 3 is 2.41 bits per heavy atom. The zero-order valence-electron chi connectivity index (χ0n) is 12.8. The average Bonchev–Trinajstić information content (AvgIpc) is 2.51. The van der Waals surface area contributed by atoms with Crippen molar-refractivity contribution in [3.05, 3.63) is 77.4 Å². The van der Waals surface area contributed by atoms with E-state index in [0.29, 0.717) is 5.75 Å². The van der Waals surface area contributed by atoms with Crippen molar-refractivity contribution in [1.29, 1.82) is 0 Å². The lowest BCUT2D eigenvalue weighted by molar-refractivity contribution is -0.133. The van der Waals surface area contributed by atoms with Crippen molar-refractivity contribution in [3.8, 4) is 5.75 Å². The number of rotatable bonds is 3. The lowest BCUT2D eigenvalue weighted by Gasteiger charge is -2.07. The number of hydrogen-bond acceptors (Lipinski definition) is 2. The van der Waals surface area contributed by atoms with Crippen molar-refractivity contribution in [3.63, 3.8) is 0 Å². The van der Waals surface area contributed by atoms with Gasteiger partial charge in [0, 0.05) is 0 Å². The van der Waals surface area contributed by atoms with Crippen molar-refractivity contribution in [2.75, 3.05) is 0 Å². The summed E-state index contributed by atoms with van der Waals surface area (Å²) in [7, 11) is 0. The van der Waals surface area contributed by atoms with E-state index in [1.54, 1.807) is 0 Å². The van der Waals surface area contributed by atoms with Crippen molar-refractivity contribution in [2.45, 2.75) is 20.3 Å². The third kappa shape index (κ3) is 3.17. The van der Waals surface area contributed by atoms with Gasteiger partial charge in [-0.05, 0) is 53.4 Å². The number of esters is 1. The molecule has 0 aliphatic heterocycles. The molecule has 0 saturated heterocycles. The molecule has 2 nitrogen and oxygen atoms in total. The minimum atomic E-state index is -0.237. The third-order valence-corrected chi connectivity index (χ3v) is 3.87. The van der Waals surface area contributed by atoms with E-state index >= 15 is 0 Å².